The topological polar surface area (TPSA) is 95.6 Å². The number of methoxy groups -OCH3 is 2. The maximum absolute atomic E-state index is 15.0. The number of H-pyrrole nitrogens is 1. The predicted octanol–water partition coefficient (Wildman–Crippen LogP) is 3.92. The van der Waals surface area contributed by atoms with Gasteiger partial charge >= 0.3 is 0 Å². The van der Waals surface area contributed by atoms with Gasteiger partial charge in [-0.3, -0.25) is 4.79 Å². The molecule has 0 saturated carbocycles. The summed E-state index contributed by atoms with van der Waals surface area (Å²) in [6, 6.07) is 6.00. The summed E-state index contributed by atoms with van der Waals surface area (Å²) in [6.07, 6.45) is 4.63. The van der Waals surface area contributed by atoms with Crippen LogP contribution in [0.4, 0.5) is 20.4 Å². The smallest absolute Gasteiger partial charge is 0.258 e. The number of nitrogens with one attached hydrogen (secondary N) is 2. The molecule has 1 amide bonds. The lowest BCUT2D eigenvalue weighted by atomic mass is 10.0. The molecule has 5 rings (SSSR count). The fourth-order valence-electron chi connectivity index (χ4n) is 4.33. The highest BCUT2D eigenvalue weighted by molar-refractivity contribution is 6.09. The zero-order valence-corrected chi connectivity index (χ0v) is 20.6. The largest absolute Gasteiger partial charge is 0.494 e. The standard InChI is InChI=1S/C26H26F2N6O3/c1-33-6-8-34(9-7-33)26-30-12-16(13-31-26)25(35)32-19-14-29-18-10-15(4-5-17(18)19)22-23(27)20(36-2)11-21(37-3)24(22)28/h4-5,10-14,29H,6-9H2,1-3H3,(H,32,35). The molecule has 0 bridgehead atoms. The van der Waals surface area contributed by atoms with Gasteiger partial charge in [-0.25, -0.2) is 18.7 Å². The minimum absolute atomic E-state index is 0.131. The van der Waals surface area contributed by atoms with E-state index in [4.69, 9.17) is 9.47 Å². The quantitative estimate of drug-likeness (QED) is 0.408. The third-order valence-corrected chi connectivity index (χ3v) is 6.48. The molecule has 11 heteroatoms. The lowest BCUT2D eigenvalue weighted by Gasteiger charge is -2.32. The Labute approximate surface area is 212 Å². The molecule has 9 nitrogen and oxygen atoms in total. The number of aromatic amines is 1. The number of benzene rings is 2. The van der Waals surface area contributed by atoms with E-state index in [1.807, 2.05) is 0 Å². The number of halogens is 2. The van der Waals surface area contributed by atoms with Crippen LogP contribution in [0.25, 0.3) is 22.0 Å². The lowest BCUT2D eigenvalue weighted by molar-refractivity contribution is 0.102. The van der Waals surface area contributed by atoms with Crippen molar-refractivity contribution in [3.8, 4) is 22.6 Å². The zero-order valence-electron chi connectivity index (χ0n) is 20.6. The summed E-state index contributed by atoms with van der Waals surface area (Å²) in [5.74, 6) is -1.70. The van der Waals surface area contributed by atoms with Gasteiger partial charge in [0.2, 0.25) is 5.95 Å². The Morgan fingerprint density at radius 1 is 1.00 bits per heavy atom. The van der Waals surface area contributed by atoms with Crippen molar-refractivity contribution in [2.45, 2.75) is 0 Å². The van der Waals surface area contributed by atoms with E-state index in [1.165, 1.54) is 26.6 Å². The van der Waals surface area contributed by atoms with Crippen LogP contribution in [0.2, 0.25) is 0 Å². The Bertz CT molecular complexity index is 1420. The average Bonchev–Trinajstić information content (AvgIpc) is 3.31. The van der Waals surface area contributed by atoms with E-state index >= 15 is 0 Å². The van der Waals surface area contributed by atoms with Gasteiger partial charge in [0.15, 0.2) is 23.1 Å². The molecule has 192 valence electrons. The molecule has 2 N–H and O–H groups in total. The van der Waals surface area contributed by atoms with Crippen molar-refractivity contribution in [1.29, 1.82) is 0 Å². The second kappa shape index (κ2) is 10.0. The fraction of sp³-hybridized carbons (Fsp3) is 0.269. The monoisotopic (exact) mass is 508 g/mol. The van der Waals surface area contributed by atoms with Crippen LogP contribution in [0.5, 0.6) is 11.5 Å². The van der Waals surface area contributed by atoms with Crippen LogP contribution in [0.15, 0.2) is 42.9 Å². The number of piperazine rings is 1. The summed E-state index contributed by atoms with van der Waals surface area (Å²) < 4.78 is 40.0. The molecular formula is C26H26F2N6O3. The van der Waals surface area contributed by atoms with E-state index in [0.717, 1.165) is 32.2 Å². The van der Waals surface area contributed by atoms with Gasteiger partial charge in [-0.05, 0) is 18.7 Å². The van der Waals surface area contributed by atoms with Gasteiger partial charge in [0.05, 0.1) is 31.0 Å². The van der Waals surface area contributed by atoms with Gasteiger partial charge in [-0.2, -0.15) is 0 Å². The van der Waals surface area contributed by atoms with Crippen molar-refractivity contribution in [2.24, 2.45) is 0 Å². The minimum atomic E-state index is -0.833. The molecule has 37 heavy (non-hydrogen) atoms. The normalized spacial score (nSPS) is 14.1. The maximum Gasteiger partial charge on any atom is 0.258 e. The average molecular weight is 509 g/mol. The summed E-state index contributed by atoms with van der Waals surface area (Å²) >= 11 is 0. The Balaban J connectivity index is 1.37. The molecule has 1 aliphatic heterocycles. The first-order chi connectivity index (χ1) is 17.9. The van der Waals surface area contributed by atoms with Crippen molar-refractivity contribution < 1.29 is 23.0 Å². The number of carbonyl (C=O) groups is 1. The summed E-state index contributed by atoms with van der Waals surface area (Å²) in [5, 5.41) is 3.52. The number of amides is 1. The molecule has 2 aromatic heterocycles. The van der Waals surface area contributed by atoms with Gasteiger partial charge < -0.3 is 29.6 Å². The number of hydrogen-bond acceptors (Lipinski definition) is 7. The molecule has 0 spiro atoms. The number of ether oxygens (including phenoxy) is 2. The van der Waals surface area contributed by atoms with E-state index in [1.54, 1.807) is 24.4 Å². The van der Waals surface area contributed by atoms with Crippen LogP contribution in [0, 0.1) is 11.6 Å². The number of rotatable bonds is 6. The summed E-state index contributed by atoms with van der Waals surface area (Å²) in [6.45, 7) is 3.52. The molecular weight excluding hydrogens is 482 g/mol. The molecule has 2 aromatic carbocycles. The van der Waals surface area contributed by atoms with E-state index < -0.39 is 11.6 Å². The highest BCUT2D eigenvalue weighted by atomic mass is 19.1. The molecule has 1 saturated heterocycles. The number of nitrogens with zero attached hydrogens (tertiary/aromatic N) is 4. The van der Waals surface area contributed by atoms with Crippen molar-refractivity contribution in [3.05, 3.63) is 60.1 Å². The first-order valence-electron chi connectivity index (χ1n) is 11.7. The van der Waals surface area contributed by atoms with Crippen LogP contribution in [-0.2, 0) is 0 Å². The third-order valence-electron chi connectivity index (χ3n) is 6.48. The van der Waals surface area contributed by atoms with E-state index in [2.05, 4.69) is 37.1 Å². The third kappa shape index (κ3) is 4.65. The maximum atomic E-state index is 15.0. The van der Waals surface area contributed by atoms with Gasteiger partial charge in [-0.1, -0.05) is 12.1 Å². The molecule has 0 aliphatic carbocycles. The molecule has 1 aliphatic rings. The fourth-order valence-corrected chi connectivity index (χ4v) is 4.33. The molecule has 0 radical (unpaired) electrons. The van der Waals surface area contributed by atoms with Crippen molar-refractivity contribution in [2.75, 3.05) is 57.7 Å². The summed E-state index contributed by atoms with van der Waals surface area (Å²) in [5.41, 5.74) is 1.42. The predicted molar refractivity (Wildman–Crippen MR) is 136 cm³/mol. The van der Waals surface area contributed by atoms with Crippen molar-refractivity contribution in [3.63, 3.8) is 0 Å². The Kier molecular flexibility index (Phi) is 6.62. The second-order valence-corrected chi connectivity index (χ2v) is 8.76. The summed E-state index contributed by atoms with van der Waals surface area (Å²) in [7, 11) is 4.67. The Hall–Kier alpha value is -4.25. The Morgan fingerprint density at radius 2 is 1.65 bits per heavy atom. The van der Waals surface area contributed by atoms with Crippen LogP contribution in [0.1, 0.15) is 10.4 Å². The number of fused-ring (bicyclic) bond motifs is 1. The summed E-state index contributed by atoms with van der Waals surface area (Å²) in [4.78, 5) is 29.0. The van der Waals surface area contributed by atoms with Gasteiger partial charge in [0, 0.05) is 61.7 Å². The van der Waals surface area contributed by atoms with Crippen LogP contribution in [-0.4, -0.2) is 73.2 Å². The van der Waals surface area contributed by atoms with E-state index in [9.17, 15) is 13.6 Å². The molecule has 4 aromatic rings. The number of likely N-dealkylation sites (N-methyl/N-ethyl adjacent to an activating group) is 1. The number of anilines is 2. The molecule has 3 heterocycles. The first-order valence-corrected chi connectivity index (χ1v) is 11.7. The highest BCUT2D eigenvalue weighted by Gasteiger charge is 2.22. The van der Waals surface area contributed by atoms with Gasteiger partial charge in [0.25, 0.3) is 5.91 Å². The van der Waals surface area contributed by atoms with Gasteiger partial charge in [0.1, 0.15) is 0 Å². The van der Waals surface area contributed by atoms with Crippen LogP contribution in [0.3, 0.4) is 0 Å². The van der Waals surface area contributed by atoms with Crippen LogP contribution >= 0.6 is 0 Å². The molecule has 0 atom stereocenters. The molecule has 0 unspecified atom stereocenters. The van der Waals surface area contributed by atoms with Gasteiger partial charge in [-0.15, -0.1) is 0 Å². The number of aromatic nitrogens is 3. The van der Waals surface area contributed by atoms with Crippen molar-refractivity contribution in [1.82, 2.24) is 19.9 Å². The lowest BCUT2D eigenvalue weighted by Crippen LogP contribution is -2.45. The highest BCUT2D eigenvalue weighted by Crippen LogP contribution is 2.39. The zero-order chi connectivity index (χ0) is 26.1. The van der Waals surface area contributed by atoms with E-state index in [-0.39, 0.29) is 28.5 Å². The SMILES string of the molecule is COc1cc(OC)c(F)c(-c2ccc3c(NC(=O)c4cnc(N5CCN(C)CC5)nc4)c[nH]c3c2)c1F. The molecule has 1 fully saturated rings. The number of carbonyl (C=O) groups excluding carboxylic acids is 1. The first kappa shape index (κ1) is 24.4. The number of hydrogen-bond donors (Lipinski definition) is 2. The van der Waals surface area contributed by atoms with E-state index in [0.29, 0.717) is 28.1 Å². The van der Waals surface area contributed by atoms with Crippen molar-refractivity contribution >= 4 is 28.4 Å². The second-order valence-electron chi connectivity index (χ2n) is 8.76. The minimum Gasteiger partial charge on any atom is -0.494 e. The Morgan fingerprint density at radius 3 is 2.27 bits per heavy atom. The van der Waals surface area contributed by atoms with Crippen LogP contribution < -0.4 is 19.7 Å².